The Labute approximate surface area is 226 Å². The van der Waals surface area contributed by atoms with Gasteiger partial charge in [-0.2, -0.15) is 5.10 Å². The number of morpholine rings is 1. The zero-order valence-corrected chi connectivity index (χ0v) is 21.7. The Morgan fingerprint density at radius 3 is 2.67 bits per heavy atom. The lowest BCUT2D eigenvalue weighted by atomic mass is 10.0. The molecule has 39 heavy (non-hydrogen) atoms. The Balaban J connectivity index is 1.26. The van der Waals surface area contributed by atoms with E-state index in [2.05, 4.69) is 25.4 Å². The third-order valence-electron chi connectivity index (χ3n) is 7.06. The highest BCUT2D eigenvalue weighted by atomic mass is 16.5. The molecule has 9 heteroatoms. The molecule has 1 saturated heterocycles. The third-order valence-corrected chi connectivity index (χ3v) is 7.06. The molecule has 0 aliphatic carbocycles. The van der Waals surface area contributed by atoms with Crippen LogP contribution in [0.5, 0.6) is 0 Å². The maximum absolute atomic E-state index is 13.1. The predicted octanol–water partition coefficient (Wildman–Crippen LogP) is 4.66. The molecule has 6 rings (SSSR count). The monoisotopic (exact) mass is 519 g/mol. The van der Waals surface area contributed by atoms with E-state index in [4.69, 9.17) is 14.7 Å². The van der Waals surface area contributed by atoms with Crippen LogP contribution in [0, 0.1) is 0 Å². The second-order valence-corrected chi connectivity index (χ2v) is 9.62. The quantitative estimate of drug-likeness (QED) is 0.305. The van der Waals surface area contributed by atoms with E-state index in [1.54, 1.807) is 12.4 Å². The van der Waals surface area contributed by atoms with Crippen molar-refractivity contribution in [2.75, 3.05) is 31.6 Å². The fourth-order valence-corrected chi connectivity index (χ4v) is 4.81. The number of hydrogen-bond donors (Lipinski definition) is 2. The molecule has 9 nitrogen and oxygen atoms in total. The summed E-state index contributed by atoms with van der Waals surface area (Å²) in [5, 5.41) is 10.3. The number of carbonyl (C=O) groups excluding carboxylic acids is 1. The van der Waals surface area contributed by atoms with Crippen LogP contribution < -0.4 is 5.32 Å². The number of aromatic amines is 1. The number of Topliss-reactive ketones (excluding diaryl/α,β-unsaturated/α-hetero) is 1. The maximum atomic E-state index is 13.1. The number of nitrogens with zero attached hydrogens (tertiary/aromatic N) is 5. The van der Waals surface area contributed by atoms with E-state index >= 15 is 0 Å². The molecule has 1 aliphatic heterocycles. The molecule has 196 valence electrons. The minimum Gasteiger partial charge on any atom is -0.379 e. The molecule has 0 bridgehead atoms. The van der Waals surface area contributed by atoms with Gasteiger partial charge in [-0.25, -0.2) is 9.97 Å². The van der Waals surface area contributed by atoms with E-state index < -0.39 is 0 Å². The van der Waals surface area contributed by atoms with Gasteiger partial charge in [-0.15, -0.1) is 0 Å². The first-order valence-corrected chi connectivity index (χ1v) is 13.1. The molecule has 4 heterocycles. The van der Waals surface area contributed by atoms with Crippen molar-refractivity contribution in [1.29, 1.82) is 0 Å². The van der Waals surface area contributed by atoms with Crippen LogP contribution in [-0.4, -0.2) is 68.2 Å². The lowest BCUT2D eigenvalue weighted by Crippen LogP contribution is -2.46. The second kappa shape index (κ2) is 11.1. The summed E-state index contributed by atoms with van der Waals surface area (Å²) in [4.78, 5) is 29.4. The maximum Gasteiger partial charge on any atom is 0.162 e. The number of H-pyrrole nitrogens is 1. The van der Waals surface area contributed by atoms with Gasteiger partial charge in [0.1, 0.15) is 5.52 Å². The summed E-state index contributed by atoms with van der Waals surface area (Å²) in [6.07, 6.45) is 5.75. The van der Waals surface area contributed by atoms with Crippen LogP contribution in [0.4, 0.5) is 11.5 Å². The van der Waals surface area contributed by atoms with Crippen LogP contribution in [0.1, 0.15) is 12.5 Å². The summed E-state index contributed by atoms with van der Waals surface area (Å²) in [7, 11) is 0. The van der Waals surface area contributed by atoms with Crippen molar-refractivity contribution in [3.05, 3.63) is 84.8 Å². The van der Waals surface area contributed by atoms with Crippen LogP contribution >= 0.6 is 0 Å². The number of ether oxygens (including phenoxy) is 1. The number of benzene rings is 2. The molecule has 2 aromatic carbocycles. The molecular weight excluding hydrogens is 490 g/mol. The smallest absolute Gasteiger partial charge is 0.162 e. The van der Waals surface area contributed by atoms with Crippen LogP contribution in [-0.2, 0) is 16.0 Å². The average molecular weight is 520 g/mol. The number of carbonyl (C=O) groups is 1. The number of pyridine rings is 1. The molecule has 2 N–H and O–H groups in total. The van der Waals surface area contributed by atoms with Crippen LogP contribution in [0.25, 0.3) is 33.5 Å². The third kappa shape index (κ3) is 5.55. The largest absolute Gasteiger partial charge is 0.379 e. The Morgan fingerprint density at radius 2 is 1.87 bits per heavy atom. The number of aromatic nitrogens is 5. The number of fused-ring (bicyclic) bond motifs is 1. The standard InChI is InChI=1S/C30H29N7O2/c1-20(37-12-14-39-15-13-37)27(38)17-21-4-2-5-23(16-21)29-35-26-6-3-11-31-28(26)30(36-29)34-25-9-7-22(8-10-25)24-18-32-33-19-24/h2-11,16,18-20H,12-15,17H2,1H3,(H,32,33)(H,34,35,36). The Bertz CT molecular complexity index is 1580. The summed E-state index contributed by atoms with van der Waals surface area (Å²) in [5.41, 5.74) is 6.19. The van der Waals surface area contributed by atoms with Crippen molar-refractivity contribution in [3.8, 4) is 22.5 Å². The van der Waals surface area contributed by atoms with Gasteiger partial charge in [-0.3, -0.25) is 19.8 Å². The lowest BCUT2D eigenvalue weighted by molar-refractivity contribution is -0.124. The molecule has 0 saturated carbocycles. The van der Waals surface area contributed by atoms with Gasteiger partial charge in [0.05, 0.1) is 31.0 Å². The summed E-state index contributed by atoms with van der Waals surface area (Å²) < 4.78 is 5.43. The number of nitrogens with one attached hydrogen (secondary N) is 2. The SMILES string of the molecule is CC(C(=O)Cc1cccc(-c2nc(Nc3ccc(-c4cn[nH]c4)cc3)c3ncccc3n2)c1)N1CCOCC1. The van der Waals surface area contributed by atoms with E-state index in [-0.39, 0.29) is 11.8 Å². The van der Waals surface area contributed by atoms with Gasteiger partial charge in [0.25, 0.3) is 0 Å². The number of anilines is 2. The molecule has 0 spiro atoms. The molecule has 0 radical (unpaired) electrons. The first-order valence-electron chi connectivity index (χ1n) is 13.1. The molecular formula is C30H29N7O2. The Kier molecular flexibility index (Phi) is 7.07. The highest BCUT2D eigenvalue weighted by Crippen LogP contribution is 2.28. The number of rotatable bonds is 8. The molecule has 1 atom stereocenters. The molecule has 1 unspecified atom stereocenters. The minimum absolute atomic E-state index is 0.142. The van der Waals surface area contributed by atoms with Gasteiger partial charge < -0.3 is 10.1 Å². The van der Waals surface area contributed by atoms with Gasteiger partial charge in [0, 0.05) is 48.7 Å². The van der Waals surface area contributed by atoms with E-state index in [1.807, 2.05) is 73.8 Å². The topological polar surface area (TPSA) is 109 Å². The molecule has 1 aliphatic rings. The number of hydrogen-bond acceptors (Lipinski definition) is 8. The van der Waals surface area contributed by atoms with E-state index in [0.717, 1.165) is 46.5 Å². The van der Waals surface area contributed by atoms with Gasteiger partial charge in [0.15, 0.2) is 17.4 Å². The van der Waals surface area contributed by atoms with Crippen molar-refractivity contribution >= 4 is 28.3 Å². The average Bonchev–Trinajstić information content (AvgIpc) is 3.53. The zero-order valence-electron chi connectivity index (χ0n) is 21.7. The normalized spacial score (nSPS) is 14.8. The van der Waals surface area contributed by atoms with Crippen molar-refractivity contribution < 1.29 is 9.53 Å². The van der Waals surface area contributed by atoms with E-state index in [0.29, 0.717) is 36.8 Å². The fourth-order valence-electron chi connectivity index (χ4n) is 4.81. The van der Waals surface area contributed by atoms with Gasteiger partial charge in [-0.05, 0) is 48.4 Å². The zero-order chi connectivity index (χ0) is 26.6. The summed E-state index contributed by atoms with van der Waals surface area (Å²) in [5.74, 6) is 1.39. The van der Waals surface area contributed by atoms with Crippen molar-refractivity contribution in [2.45, 2.75) is 19.4 Å². The Hall–Kier alpha value is -4.47. The predicted molar refractivity (Wildman–Crippen MR) is 151 cm³/mol. The number of ketones is 1. The summed E-state index contributed by atoms with van der Waals surface area (Å²) in [6.45, 7) is 4.90. The first-order chi connectivity index (χ1) is 19.1. The van der Waals surface area contributed by atoms with E-state index in [9.17, 15) is 4.79 Å². The lowest BCUT2D eigenvalue weighted by Gasteiger charge is -2.31. The van der Waals surface area contributed by atoms with Crippen molar-refractivity contribution in [1.82, 2.24) is 30.0 Å². The van der Waals surface area contributed by atoms with Gasteiger partial charge in [0.2, 0.25) is 0 Å². The fraction of sp³-hybridized carbons (Fsp3) is 0.233. The van der Waals surface area contributed by atoms with E-state index in [1.165, 1.54) is 0 Å². The molecule has 3 aromatic heterocycles. The van der Waals surface area contributed by atoms with Crippen LogP contribution in [0.15, 0.2) is 79.3 Å². The highest BCUT2D eigenvalue weighted by molar-refractivity contribution is 5.89. The molecule has 5 aromatic rings. The minimum atomic E-state index is -0.142. The summed E-state index contributed by atoms with van der Waals surface area (Å²) >= 11 is 0. The van der Waals surface area contributed by atoms with Crippen LogP contribution in [0.3, 0.4) is 0 Å². The highest BCUT2D eigenvalue weighted by Gasteiger charge is 2.23. The van der Waals surface area contributed by atoms with Crippen molar-refractivity contribution in [2.24, 2.45) is 0 Å². The Morgan fingerprint density at radius 1 is 1.03 bits per heavy atom. The first kappa shape index (κ1) is 24.8. The second-order valence-electron chi connectivity index (χ2n) is 9.62. The summed E-state index contributed by atoms with van der Waals surface area (Å²) in [6, 6.07) is 19.6. The van der Waals surface area contributed by atoms with Gasteiger partial charge >= 0.3 is 0 Å². The van der Waals surface area contributed by atoms with Crippen molar-refractivity contribution in [3.63, 3.8) is 0 Å². The molecule has 0 amide bonds. The molecule has 1 fully saturated rings. The van der Waals surface area contributed by atoms with Gasteiger partial charge in [-0.1, -0.05) is 30.3 Å². The van der Waals surface area contributed by atoms with Crippen LogP contribution in [0.2, 0.25) is 0 Å².